The van der Waals surface area contributed by atoms with Gasteiger partial charge in [-0.2, -0.15) is 0 Å². The molecular formula is C25H33N3OS. The Balaban J connectivity index is 1.61. The van der Waals surface area contributed by atoms with Crippen molar-refractivity contribution in [2.24, 2.45) is 11.8 Å². The highest BCUT2D eigenvalue weighted by molar-refractivity contribution is 8.04. The molecule has 0 aliphatic heterocycles. The third-order valence-electron chi connectivity index (χ3n) is 5.66. The van der Waals surface area contributed by atoms with Gasteiger partial charge in [0.25, 0.3) is 5.91 Å². The zero-order valence-electron chi connectivity index (χ0n) is 18.0. The number of allylic oxidation sites excluding steroid dienone is 4. The molecule has 2 aliphatic rings. The molecule has 3 N–H and O–H groups in total. The van der Waals surface area contributed by atoms with Crippen LogP contribution in [0.25, 0.3) is 0 Å². The maximum Gasteiger partial charge on any atom is 0.251 e. The van der Waals surface area contributed by atoms with Crippen LogP contribution in [0.2, 0.25) is 0 Å². The second-order valence-corrected chi connectivity index (χ2v) is 9.25. The van der Waals surface area contributed by atoms with Crippen LogP contribution in [0, 0.1) is 17.2 Å². The zero-order valence-corrected chi connectivity index (χ0v) is 18.9. The minimum atomic E-state index is -0.0163. The van der Waals surface area contributed by atoms with E-state index in [4.69, 9.17) is 5.41 Å². The summed E-state index contributed by atoms with van der Waals surface area (Å²) in [5.41, 5.74) is 3.39. The van der Waals surface area contributed by atoms with Gasteiger partial charge in [-0.15, -0.1) is 0 Å². The van der Waals surface area contributed by atoms with Crippen LogP contribution in [0.3, 0.4) is 0 Å². The van der Waals surface area contributed by atoms with E-state index in [2.05, 4.69) is 10.0 Å². The van der Waals surface area contributed by atoms with Gasteiger partial charge in [-0.1, -0.05) is 49.3 Å². The van der Waals surface area contributed by atoms with Crippen molar-refractivity contribution < 1.29 is 4.79 Å². The molecule has 0 aromatic heterocycles. The lowest BCUT2D eigenvalue weighted by Gasteiger charge is -2.16. The predicted molar refractivity (Wildman–Crippen MR) is 129 cm³/mol. The van der Waals surface area contributed by atoms with E-state index in [9.17, 15) is 4.79 Å². The molecule has 160 valence electrons. The van der Waals surface area contributed by atoms with E-state index in [1.807, 2.05) is 62.4 Å². The number of anilines is 1. The van der Waals surface area contributed by atoms with Crippen LogP contribution in [0.15, 0.2) is 59.0 Å². The van der Waals surface area contributed by atoms with Gasteiger partial charge in [-0.25, -0.2) is 0 Å². The maximum atomic E-state index is 12.4. The van der Waals surface area contributed by atoms with Crippen LogP contribution in [-0.2, 0) is 4.79 Å². The van der Waals surface area contributed by atoms with Crippen molar-refractivity contribution in [3.05, 3.63) is 64.6 Å². The van der Waals surface area contributed by atoms with Gasteiger partial charge in [0.1, 0.15) is 0 Å². The predicted octanol–water partition coefficient (Wildman–Crippen LogP) is 6.24. The van der Waals surface area contributed by atoms with Gasteiger partial charge in [-0.05, 0) is 69.5 Å². The van der Waals surface area contributed by atoms with Gasteiger partial charge in [0, 0.05) is 34.2 Å². The molecule has 3 rings (SSSR count). The molecule has 4 nitrogen and oxygen atoms in total. The van der Waals surface area contributed by atoms with Crippen molar-refractivity contribution in [1.82, 2.24) is 5.32 Å². The summed E-state index contributed by atoms with van der Waals surface area (Å²) in [6.45, 7) is 4.72. The maximum absolute atomic E-state index is 12.4. The summed E-state index contributed by atoms with van der Waals surface area (Å²) in [5.74, 6) is 1.04. The summed E-state index contributed by atoms with van der Waals surface area (Å²) >= 11 is 1.52. The van der Waals surface area contributed by atoms with Crippen molar-refractivity contribution in [2.75, 3.05) is 11.3 Å². The Morgan fingerprint density at radius 1 is 1.17 bits per heavy atom. The zero-order chi connectivity index (χ0) is 21.3. The van der Waals surface area contributed by atoms with E-state index in [0.29, 0.717) is 17.4 Å². The van der Waals surface area contributed by atoms with Gasteiger partial charge in [0.05, 0.1) is 5.69 Å². The molecule has 5 heteroatoms. The average Bonchev–Trinajstić information content (AvgIpc) is 3.43. The monoisotopic (exact) mass is 423 g/mol. The molecule has 2 saturated carbocycles. The van der Waals surface area contributed by atoms with Crippen LogP contribution in [0.1, 0.15) is 57.9 Å². The first-order valence-electron chi connectivity index (χ1n) is 11.0. The molecule has 0 spiro atoms. The summed E-state index contributed by atoms with van der Waals surface area (Å²) < 4.78 is 3.41. The van der Waals surface area contributed by atoms with Gasteiger partial charge < -0.3 is 15.4 Å². The van der Waals surface area contributed by atoms with E-state index in [1.54, 1.807) is 0 Å². The number of benzene rings is 1. The Morgan fingerprint density at radius 2 is 1.90 bits per heavy atom. The van der Waals surface area contributed by atoms with Crippen molar-refractivity contribution in [3.63, 3.8) is 0 Å². The molecular weight excluding hydrogens is 390 g/mol. The van der Waals surface area contributed by atoms with Crippen LogP contribution in [0.5, 0.6) is 0 Å². The highest BCUT2D eigenvalue weighted by Gasteiger charge is 2.23. The number of amides is 1. The SMILES string of the molecule is C\C=C/C(=C\C=C(/C)SNc1ccccc1C(=N)C1CCCC1)C(=O)NCC1CC1. The number of carbonyl (C=O) groups excluding carboxylic acids is 1. The third-order valence-corrected chi connectivity index (χ3v) is 6.44. The van der Waals surface area contributed by atoms with Crippen molar-refractivity contribution in [3.8, 4) is 0 Å². The third kappa shape index (κ3) is 6.63. The number of carbonyl (C=O) groups is 1. The molecule has 1 aromatic carbocycles. The molecule has 30 heavy (non-hydrogen) atoms. The molecule has 1 amide bonds. The van der Waals surface area contributed by atoms with Crippen LogP contribution < -0.4 is 10.0 Å². The fourth-order valence-electron chi connectivity index (χ4n) is 3.67. The Morgan fingerprint density at radius 3 is 2.60 bits per heavy atom. The number of para-hydroxylation sites is 1. The highest BCUT2D eigenvalue weighted by atomic mass is 32.2. The molecule has 0 saturated heterocycles. The fraction of sp³-hybridized carbons (Fsp3) is 0.440. The van der Waals surface area contributed by atoms with Gasteiger partial charge in [0.2, 0.25) is 0 Å². The van der Waals surface area contributed by atoms with Crippen molar-refractivity contribution in [1.29, 1.82) is 5.41 Å². The number of rotatable bonds is 10. The smallest absolute Gasteiger partial charge is 0.251 e. The van der Waals surface area contributed by atoms with E-state index in [0.717, 1.165) is 41.3 Å². The largest absolute Gasteiger partial charge is 0.352 e. The summed E-state index contributed by atoms with van der Waals surface area (Å²) in [7, 11) is 0. The number of hydrogen-bond acceptors (Lipinski definition) is 4. The summed E-state index contributed by atoms with van der Waals surface area (Å²) in [5, 5.41) is 11.7. The van der Waals surface area contributed by atoms with Crippen LogP contribution >= 0.6 is 11.9 Å². The lowest BCUT2D eigenvalue weighted by atomic mass is 9.94. The molecule has 0 radical (unpaired) electrons. The Hall–Kier alpha value is -2.27. The Kier molecular flexibility index (Phi) is 8.38. The Bertz CT molecular complexity index is 846. The molecule has 2 fully saturated rings. The lowest BCUT2D eigenvalue weighted by Crippen LogP contribution is -2.26. The van der Waals surface area contributed by atoms with E-state index in [-0.39, 0.29) is 5.91 Å². The minimum Gasteiger partial charge on any atom is -0.352 e. The number of hydrogen-bond donors (Lipinski definition) is 3. The first kappa shape index (κ1) is 22.4. The summed E-state index contributed by atoms with van der Waals surface area (Å²) in [6.07, 6.45) is 14.7. The normalized spacial score (nSPS) is 18.1. The second-order valence-electron chi connectivity index (χ2n) is 8.20. The highest BCUT2D eigenvalue weighted by Crippen LogP contribution is 2.32. The Labute approximate surface area is 184 Å². The van der Waals surface area contributed by atoms with E-state index >= 15 is 0 Å². The lowest BCUT2D eigenvalue weighted by molar-refractivity contribution is -0.117. The van der Waals surface area contributed by atoms with E-state index in [1.165, 1.54) is 37.6 Å². The number of nitrogens with one attached hydrogen (secondary N) is 3. The molecule has 0 bridgehead atoms. The molecule has 2 aliphatic carbocycles. The topological polar surface area (TPSA) is 65.0 Å². The summed E-state index contributed by atoms with van der Waals surface area (Å²) in [4.78, 5) is 13.4. The molecule has 0 heterocycles. The van der Waals surface area contributed by atoms with Gasteiger partial charge >= 0.3 is 0 Å². The van der Waals surface area contributed by atoms with Crippen LogP contribution in [-0.4, -0.2) is 18.2 Å². The van der Waals surface area contributed by atoms with Gasteiger partial charge in [-0.3, -0.25) is 4.79 Å². The fourth-order valence-corrected chi connectivity index (χ4v) is 4.25. The minimum absolute atomic E-state index is 0.0163. The standard InChI is InChI=1S/C25H33N3OS/c1-3-8-21(25(29)27-17-19-14-15-19)16-13-18(2)30-28-23-12-7-6-11-22(23)24(26)20-9-4-5-10-20/h3,6-8,11-13,16,19-20,26,28H,4-5,9-10,14-15,17H2,1-2H3,(H,27,29)/b8-3-,18-13+,21-16+,26-24?. The van der Waals surface area contributed by atoms with Gasteiger partial charge in [0.15, 0.2) is 0 Å². The summed E-state index contributed by atoms with van der Waals surface area (Å²) in [6, 6.07) is 8.08. The molecule has 1 aromatic rings. The molecule has 0 unspecified atom stereocenters. The van der Waals surface area contributed by atoms with Crippen molar-refractivity contribution >= 4 is 29.3 Å². The van der Waals surface area contributed by atoms with Crippen LogP contribution in [0.4, 0.5) is 5.69 Å². The average molecular weight is 424 g/mol. The van der Waals surface area contributed by atoms with Crippen molar-refractivity contribution in [2.45, 2.75) is 52.4 Å². The molecule has 0 atom stereocenters. The first-order chi connectivity index (χ1) is 14.6. The first-order valence-corrected chi connectivity index (χ1v) is 11.8. The second kappa shape index (κ2) is 11.2. The quantitative estimate of drug-likeness (QED) is 0.181. The van der Waals surface area contributed by atoms with E-state index < -0.39 is 0 Å².